The topological polar surface area (TPSA) is 44.8 Å². The van der Waals surface area contributed by atoms with Crippen LogP contribution in [-0.4, -0.2) is 49.6 Å². The van der Waals surface area contributed by atoms with Gasteiger partial charge in [-0.25, -0.2) is 4.39 Å². The number of hydrogen-bond donors (Lipinski definition) is 1. The van der Waals surface area contributed by atoms with Crippen LogP contribution < -0.4 is 15.0 Å². The molecule has 1 fully saturated rings. The summed E-state index contributed by atoms with van der Waals surface area (Å²) >= 11 is 0. The van der Waals surface area contributed by atoms with E-state index in [0.29, 0.717) is 13.1 Å². The van der Waals surface area contributed by atoms with Gasteiger partial charge in [-0.2, -0.15) is 0 Å². The van der Waals surface area contributed by atoms with Crippen LogP contribution in [0.5, 0.6) is 5.75 Å². The van der Waals surface area contributed by atoms with Crippen molar-refractivity contribution in [1.29, 1.82) is 0 Å². The van der Waals surface area contributed by atoms with E-state index in [2.05, 4.69) is 10.2 Å². The van der Waals surface area contributed by atoms with Crippen molar-refractivity contribution in [3.8, 4) is 5.75 Å². The van der Waals surface area contributed by atoms with Crippen LogP contribution in [0.1, 0.15) is 13.8 Å². The SMILES string of the molecule is CC(C)Oc1ccccc1NCC(=O)N1CCN(c2ccc(F)cc2)CC1. The van der Waals surface area contributed by atoms with Gasteiger partial charge in [0.1, 0.15) is 11.6 Å². The summed E-state index contributed by atoms with van der Waals surface area (Å²) in [5.74, 6) is 0.579. The summed E-state index contributed by atoms with van der Waals surface area (Å²) in [6.45, 7) is 6.97. The first kappa shape index (κ1) is 19.0. The van der Waals surface area contributed by atoms with Gasteiger partial charge in [-0.15, -0.1) is 0 Å². The van der Waals surface area contributed by atoms with E-state index in [1.54, 1.807) is 12.1 Å². The van der Waals surface area contributed by atoms with Crippen molar-refractivity contribution in [2.24, 2.45) is 0 Å². The van der Waals surface area contributed by atoms with Crippen molar-refractivity contribution in [2.75, 3.05) is 42.9 Å². The highest BCUT2D eigenvalue weighted by Crippen LogP contribution is 2.24. The number of carbonyl (C=O) groups excluding carboxylic acids is 1. The molecule has 0 aliphatic carbocycles. The van der Waals surface area contributed by atoms with E-state index in [-0.39, 0.29) is 24.4 Å². The highest BCUT2D eigenvalue weighted by Gasteiger charge is 2.21. The molecular formula is C21H26FN3O2. The number of rotatable bonds is 6. The molecule has 144 valence electrons. The lowest BCUT2D eigenvalue weighted by Gasteiger charge is -2.36. The van der Waals surface area contributed by atoms with Crippen LogP contribution in [0, 0.1) is 5.82 Å². The standard InChI is InChI=1S/C21H26FN3O2/c1-16(2)27-20-6-4-3-5-19(20)23-15-21(26)25-13-11-24(12-14-25)18-9-7-17(22)8-10-18/h3-10,16,23H,11-15H2,1-2H3. The first-order valence-electron chi connectivity index (χ1n) is 9.31. The maximum Gasteiger partial charge on any atom is 0.241 e. The fourth-order valence-electron chi connectivity index (χ4n) is 3.12. The number of nitrogens with one attached hydrogen (secondary N) is 1. The smallest absolute Gasteiger partial charge is 0.241 e. The lowest BCUT2D eigenvalue weighted by atomic mass is 10.2. The van der Waals surface area contributed by atoms with Gasteiger partial charge in [-0.3, -0.25) is 4.79 Å². The van der Waals surface area contributed by atoms with E-state index < -0.39 is 0 Å². The molecule has 1 aliphatic heterocycles. The highest BCUT2D eigenvalue weighted by molar-refractivity contribution is 5.81. The molecule has 5 nitrogen and oxygen atoms in total. The monoisotopic (exact) mass is 371 g/mol. The average Bonchev–Trinajstić information content (AvgIpc) is 2.67. The fourth-order valence-corrected chi connectivity index (χ4v) is 3.12. The molecule has 0 radical (unpaired) electrons. The van der Waals surface area contributed by atoms with Gasteiger partial charge >= 0.3 is 0 Å². The van der Waals surface area contributed by atoms with Gasteiger partial charge in [0, 0.05) is 31.9 Å². The molecule has 0 unspecified atom stereocenters. The Morgan fingerprint density at radius 2 is 1.74 bits per heavy atom. The average molecular weight is 371 g/mol. The predicted octanol–water partition coefficient (Wildman–Crippen LogP) is 3.37. The minimum atomic E-state index is -0.236. The number of ether oxygens (including phenoxy) is 1. The first-order chi connectivity index (χ1) is 13.0. The van der Waals surface area contributed by atoms with Gasteiger partial charge in [0.2, 0.25) is 5.91 Å². The zero-order valence-electron chi connectivity index (χ0n) is 15.8. The highest BCUT2D eigenvalue weighted by atomic mass is 19.1. The Hall–Kier alpha value is -2.76. The van der Waals surface area contributed by atoms with E-state index >= 15 is 0 Å². The number of halogens is 1. The number of carbonyl (C=O) groups is 1. The molecule has 0 bridgehead atoms. The molecule has 0 atom stereocenters. The van der Waals surface area contributed by atoms with Gasteiger partial charge < -0.3 is 19.9 Å². The summed E-state index contributed by atoms with van der Waals surface area (Å²) in [4.78, 5) is 16.6. The number of nitrogens with zero attached hydrogens (tertiary/aromatic N) is 2. The number of amides is 1. The molecule has 27 heavy (non-hydrogen) atoms. The molecule has 0 saturated carbocycles. The van der Waals surface area contributed by atoms with Crippen molar-refractivity contribution in [3.63, 3.8) is 0 Å². The van der Waals surface area contributed by atoms with Crippen LogP contribution in [0.2, 0.25) is 0 Å². The Balaban J connectivity index is 1.51. The van der Waals surface area contributed by atoms with Crippen LogP contribution in [0.3, 0.4) is 0 Å². The second-order valence-electron chi connectivity index (χ2n) is 6.86. The molecule has 3 rings (SSSR count). The molecule has 1 N–H and O–H groups in total. The lowest BCUT2D eigenvalue weighted by molar-refractivity contribution is -0.129. The summed E-state index contributed by atoms with van der Waals surface area (Å²) in [6, 6.07) is 14.1. The third-order valence-corrected chi connectivity index (χ3v) is 4.50. The number of anilines is 2. The van der Waals surface area contributed by atoms with Crippen molar-refractivity contribution < 1.29 is 13.9 Å². The van der Waals surface area contributed by atoms with E-state index in [1.165, 1.54) is 12.1 Å². The minimum Gasteiger partial charge on any atom is -0.489 e. The summed E-state index contributed by atoms with van der Waals surface area (Å²) in [5, 5.41) is 3.19. The molecule has 0 aromatic heterocycles. The number of benzene rings is 2. The van der Waals surface area contributed by atoms with Crippen molar-refractivity contribution in [1.82, 2.24) is 4.90 Å². The molecule has 1 aliphatic rings. The summed E-state index contributed by atoms with van der Waals surface area (Å²) in [7, 11) is 0. The third kappa shape index (κ3) is 5.12. The first-order valence-corrected chi connectivity index (χ1v) is 9.31. The van der Waals surface area contributed by atoms with Gasteiger partial charge in [0.05, 0.1) is 18.3 Å². The van der Waals surface area contributed by atoms with Gasteiger partial charge in [0.15, 0.2) is 0 Å². The molecule has 6 heteroatoms. The van der Waals surface area contributed by atoms with E-state index in [1.807, 2.05) is 43.0 Å². The maximum atomic E-state index is 13.1. The van der Waals surface area contributed by atoms with Crippen LogP contribution in [0.15, 0.2) is 48.5 Å². The van der Waals surface area contributed by atoms with Crippen LogP contribution in [0.25, 0.3) is 0 Å². The number of piperazine rings is 1. The second kappa shape index (κ2) is 8.75. The van der Waals surface area contributed by atoms with E-state index in [0.717, 1.165) is 30.2 Å². The molecule has 1 saturated heterocycles. The zero-order valence-corrected chi connectivity index (χ0v) is 15.8. The maximum absolute atomic E-state index is 13.1. The Morgan fingerprint density at radius 3 is 2.41 bits per heavy atom. The third-order valence-electron chi connectivity index (χ3n) is 4.50. The Kier molecular flexibility index (Phi) is 6.16. The van der Waals surface area contributed by atoms with Crippen molar-refractivity contribution >= 4 is 17.3 Å². The normalized spacial score (nSPS) is 14.4. The Morgan fingerprint density at radius 1 is 1.07 bits per heavy atom. The minimum absolute atomic E-state index is 0.0631. The Bertz CT molecular complexity index is 756. The lowest BCUT2D eigenvalue weighted by Crippen LogP contribution is -2.50. The van der Waals surface area contributed by atoms with Gasteiger partial charge in [-0.05, 0) is 50.2 Å². The van der Waals surface area contributed by atoms with E-state index in [9.17, 15) is 9.18 Å². The Labute approximate surface area is 159 Å². The molecule has 1 amide bonds. The van der Waals surface area contributed by atoms with Crippen molar-refractivity contribution in [3.05, 3.63) is 54.3 Å². The molecule has 0 spiro atoms. The summed E-state index contributed by atoms with van der Waals surface area (Å²) in [6.07, 6.45) is 0.0724. The fraction of sp³-hybridized carbons (Fsp3) is 0.381. The van der Waals surface area contributed by atoms with Crippen LogP contribution in [0.4, 0.5) is 15.8 Å². The molecule has 2 aromatic rings. The molecule has 1 heterocycles. The van der Waals surface area contributed by atoms with Gasteiger partial charge in [0.25, 0.3) is 0 Å². The van der Waals surface area contributed by atoms with Crippen LogP contribution >= 0.6 is 0 Å². The van der Waals surface area contributed by atoms with Gasteiger partial charge in [-0.1, -0.05) is 12.1 Å². The largest absolute Gasteiger partial charge is 0.489 e. The second-order valence-corrected chi connectivity index (χ2v) is 6.86. The summed E-state index contributed by atoms with van der Waals surface area (Å²) in [5.41, 5.74) is 1.81. The number of hydrogen-bond acceptors (Lipinski definition) is 4. The summed E-state index contributed by atoms with van der Waals surface area (Å²) < 4.78 is 18.8. The number of para-hydroxylation sites is 2. The molecule has 2 aromatic carbocycles. The van der Waals surface area contributed by atoms with E-state index in [4.69, 9.17) is 4.74 Å². The predicted molar refractivity (Wildman–Crippen MR) is 106 cm³/mol. The quantitative estimate of drug-likeness (QED) is 0.846. The molecular weight excluding hydrogens is 345 g/mol. The zero-order chi connectivity index (χ0) is 19.2. The van der Waals surface area contributed by atoms with Crippen molar-refractivity contribution in [2.45, 2.75) is 20.0 Å². The van der Waals surface area contributed by atoms with Crippen LogP contribution in [-0.2, 0) is 4.79 Å².